The van der Waals surface area contributed by atoms with Crippen molar-refractivity contribution in [2.45, 2.75) is 61.9 Å². The summed E-state index contributed by atoms with van der Waals surface area (Å²) in [5.41, 5.74) is 1.88. The number of hydrogen-bond donors (Lipinski definition) is 2. The molecule has 0 atom stereocenters. The van der Waals surface area contributed by atoms with Gasteiger partial charge in [0.1, 0.15) is 5.69 Å². The van der Waals surface area contributed by atoms with E-state index in [1.165, 1.54) is 31.9 Å². The molecule has 1 aromatic carbocycles. The third-order valence-corrected chi connectivity index (χ3v) is 7.87. The van der Waals surface area contributed by atoms with E-state index in [0.29, 0.717) is 22.9 Å². The lowest BCUT2D eigenvalue weighted by atomic mass is 9.90. The van der Waals surface area contributed by atoms with Gasteiger partial charge in [0.25, 0.3) is 5.91 Å². The Morgan fingerprint density at radius 3 is 2.60 bits per heavy atom. The summed E-state index contributed by atoms with van der Waals surface area (Å²) in [4.78, 5) is 25.9. The zero-order valence-electron chi connectivity index (χ0n) is 17.3. The summed E-state index contributed by atoms with van der Waals surface area (Å²) in [5.74, 6) is 0.153. The number of benzene rings is 1. The lowest BCUT2D eigenvalue weighted by Gasteiger charge is -2.23. The van der Waals surface area contributed by atoms with Crippen LogP contribution >= 0.6 is 33.9 Å². The number of carbonyl (C=O) groups is 1. The highest BCUT2D eigenvalue weighted by Crippen LogP contribution is 2.41. The third kappa shape index (κ3) is 4.65. The molecule has 2 heterocycles. The number of aromatic nitrogens is 3. The first-order valence-corrected chi connectivity index (χ1v) is 12.2. The van der Waals surface area contributed by atoms with Crippen LogP contribution in [0, 0.1) is 6.92 Å². The molecule has 2 aromatic heterocycles. The summed E-state index contributed by atoms with van der Waals surface area (Å²) < 4.78 is 1.78. The average Bonchev–Trinajstić information content (AvgIpc) is 3.10. The lowest BCUT2D eigenvalue weighted by molar-refractivity contribution is 0.0794. The molecule has 6 nitrogen and oxygen atoms in total. The fraction of sp³-hybridized carbons (Fsp3) is 0.455. The van der Waals surface area contributed by atoms with Gasteiger partial charge in [-0.15, -0.1) is 11.3 Å². The minimum absolute atomic E-state index is 0.248. The Kier molecular flexibility index (Phi) is 6.09. The summed E-state index contributed by atoms with van der Waals surface area (Å²) in [6.45, 7) is 5.22. The largest absolute Gasteiger partial charge is 0.386 e. The van der Waals surface area contributed by atoms with E-state index >= 15 is 0 Å². The Hall–Kier alpha value is -1.65. The zero-order valence-corrected chi connectivity index (χ0v) is 20.2. The van der Waals surface area contributed by atoms with Crippen molar-refractivity contribution >= 4 is 55.7 Å². The average molecular weight is 536 g/mol. The quantitative estimate of drug-likeness (QED) is 0.348. The molecule has 4 rings (SSSR count). The van der Waals surface area contributed by atoms with Crippen LogP contribution in [0.3, 0.4) is 0 Å². The molecule has 0 aliphatic heterocycles. The molecule has 30 heavy (non-hydrogen) atoms. The van der Waals surface area contributed by atoms with Gasteiger partial charge >= 0.3 is 0 Å². The Morgan fingerprint density at radius 2 is 1.93 bits per heavy atom. The fourth-order valence-electron chi connectivity index (χ4n) is 3.83. The predicted molar refractivity (Wildman–Crippen MR) is 129 cm³/mol. The number of amides is 1. The highest BCUT2D eigenvalue weighted by atomic mass is 127. The van der Waals surface area contributed by atoms with Gasteiger partial charge in [0, 0.05) is 27.3 Å². The molecule has 1 saturated carbocycles. The number of rotatable bonds is 4. The van der Waals surface area contributed by atoms with Crippen molar-refractivity contribution in [3.8, 4) is 0 Å². The number of nitrogens with zero attached hydrogens (tertiary/aromatic N) is 3. The number of anilines is 1. The summed E-state index contributed by atoms with van der Waals surface area (Å²) in [7, 11) is 0. The molecule has 1 amide bonds. The van der Waals surface area contributed by atoms with Crippen molar-refractivity contribution in [1.29, 1.82) is 0 Å². The van der Waals surface area contributed by atoms with E-state index in [-0.39, 0.29) is 11.6 Å². The van der Waals surface area contributed by atoms with Crippen LogP contribution < -0.4 is 5.32 Å². The van der Waals surface area contributed by atoms with Crippen LogP contribution in [0.4, 0.5) is 5.69 Å². The minimum Gasteiger partial charge on any atom is -0.386 e. The summed E-state index contributed by atoms with van der Waals surface area (Å²) in [6.07, 6.45) is 7.85. The Morgan fingerprint density at radius 1 is 1.20 bits per heavy atom. The molecule has 1 aliphatic rings. The molecule has 0 spiro atoms. The summed E-state index contributed by atoms with van der Waals surface area (Å²) >= 11 is 4.23. The first kappa shape index (κ1) is 21.6. The first-order chi connectivity index (χ1) is 14.2. The van der Waals surface area contributed by atoms with Gasteiger partial charge in [-0.05, 0) is 58.6 Å². The molecule has 1 aliphatic carbocycles. The van der Waals surface area contributed by atoms with E-state index in [1.54, 1.807) is 38.3 Å². The first-order valence-electron chi connectivity index (χ1n) is 10.1. The van der Waals surface area contributed by atoms with Crippen molar-refractivity contribution in [2.24, 2.45) is 0 Å². The Balaban J connectivity index is 1.69. The molecular formula is C22H25IN4O2S. The van der Waals surface area contributed by atoms with E-state index in [9.17, 15) is 9.90 Å². The molecule has 0 radical (unpaired) electrons. The topological polar surface area (TPSA) is 88.0 Å². The molecule has 2 N–H and O–H groups in total. The zero-order chi connectivity index (χ0) is 21.5. The maximum absolute atomic E-state index is 12.8. The summed E-state index contributed by atoms with van der Waals surface area (Å²) in [5, 5.41) is 14.8. The van der Waals surface area contributed by atoms with E-state index in [2.05, 4.69) is 37.9 Å². The van der Waals surface area contributed by atoms with Gasteiger partial charge in [-0.1, -0.05) is 22.6 Å². The monoisotopic (exact) mass is 536 g/mol. The van der Waals surface area contributed by atoms with E-state index in [0.717, 1.165) is 19.1 Å². The second kappa shape index (κ2) is 8.47. The Bertz CT molecular complexity index is 1080. The maximum atomic E-state index is 12.8. The number of thiazole rings is 1. The number of aliphatic hydroxyl groups is 1. The van der Waals surface area contributed by atoms with Gasteiger partial charge in [-0.2, -0.15) is 0 Å². The fourth-order valence-corrected chi connectivity index (χ4v) is 5.71. The molecular weight excluding hydrogens is 511 g/mol. The van der Waals surface area contributed by atoms with E-state index in [1.807, 2.05) is 12.1 Å². The number of hydrogen-bond acceptors (Lipinski definition) is 6. The van der Waals surface area contributed by atoms with E-state index in [4.69, 9.17) is 4.98 Å². The smallest absolute Gasteiger partial charge is 0.275 e. The van der Waals surface area contributed by atoms with Crippen molar-refractivity contribution < 1.29 is 9.90 Å². The molecule has 158 valence electrons. The predicted octanol–water partition coefficient (Wildman–Crippen LogP) is 5.34. The highest BCUT2D eigenvalue weighted by Gasteiger charge is 2.26. The minimum atomic E-state index is -1.13. The van der Waals surface area contributed by atoms with Crippen LogP contribution in [0.2, 0.25) is 0 Å². The van der Waals surface area contributed by atoms with E-state index < -0.39 is 5.60 Å². The van der Waals surface area contributed by atoms with Crippen molar-refractivity contribution in [1.82, 2.24) is 15.0 Å². The van der Waals surface area contributed by atoms with Gasteiger partial charge in [0.05, 0.1) is 32.7 Å². The van der Waals surface area contributed by atoms with Crippen LogP contribution in [0.5, 0.6) is 0 Å². The number of alkyl halides is 1. The molecule has 3 aromatic rings. The van der Waals surface area contributed by atoms with Gasteiger partial charge in [-0.3, -0.25) is 9.78 Å². The van der Waals surface area contributed by atoms with Gasteiger partial charge in [-0.25, -0.2) is 9.97 Å². The highest BCUT2D eigenvalue weighted by molar-refractivity contribution is 14.1. The van der Waals surface area contributed by atoms with Crippen LogP contribution in [0.1, 0.15) is 72.2 Å². The molecule has 0 saturated heterocycles. The normalized spacial score (nSPS) is 19.8. The molecule has 1 fully saturated rings. The lowest BCUT2D eigenvalue weighted by Crippen LogP contribution is -2.21. The Labute approximate surface area is 193 Å². The standard InChI is InChI=1S/C22H25IN4O2S/c1-12-10-24-11-18(25-12)20(28)26-16-9-19-17(8-15(16)22(2,3)29)27-21(30-19)13-4-6-14(23)7-5-13/h8-11,13-14,29H,4-7H2,1-3H3,(H,26,28)/t13-,14-. The number of nitrogens with one attached hydrogen (secondary N) is 1. The van der Waals surface area contributed by atoms with Crippen molar-refractivity contribution in [3.05, 3.63) is 46.5 Å². The molecule has 0 unspecified atom stereocenters. The van der Waals surface area contributed by atoms with Crippen molar-refractivity contribution in [3.63, 3.8) is 0 Å². The number of halogens is 1. The SMILES string of the molecule is Cc1cncc(C(=O)Nc2cc3sc([C@H]4CC[C@H](I)CC4)nc3cc2C(C)(C)O)n1. The number of aryl methyl sites for hydroxylation is 1. The van der Waals surface area contributed by atoms with Crippen LogP contribution in [-0.2, 0) is 5.60 Å². The van der Waals surface area contributed by atoms with Gasteiger partial charge < -0.3 is 10.4 Å². The van der Waals surface area contributed by atoms with Crippen LogP contribution in [-0.4, -0.2) is 29.9 Å². The maximum Gasteiger partial charge on any atom is 0.275 e. The molecule has 8 heteroatoms. The van der Waals surface area contributed by atoms with Crippen LogP contribution in [0.15, 0.2) is 24.5 Å². The number of carbonyl (C=O) groups excluding carboxylic acids is 1. The number of fused-ring (bicyclic) bond motifs is 1. The summed E-state index contributed by atoms with van der Waals surface area (Å²) in [6, 6.07) is 3.83. The van der Waals surface area contributed by atoms with Crippen LogP contribution in [0.25, 0.3) is 10.2 Å². The second-order valence-corrected chi connectivity index (χ2v) is 11.2. The van der Waals surface area contributed by atoms with Gasteiger partial charge in [0.2, 0.25) is 0 Å². The van der Waals surface area contributed by atoms with Gasteiger partial charge in [0.15, 0.2) is 0 Å². The van der Waals surface area contributed by atoms with Crippen molar-refractivity contribution in [2.75, 3.05) is 5.32 Å². The third-order valence-electron chi connectivity index (χ3n) is 5.45. The molecule has 0 bridgehead atoms. The second-order valence-electron chi connectivity index (χ2n) is 8.43.